The van der Waals surface area contributed by atoms with E-state index >= 15 is 0 Å². The van der Waals surface area contributed by atoms with E-state index in [1.807, 2.05) is 72.8 Å². The second-order valence-electron chi connectivity index (χ2n) is 10.8. The standard InChI is InChI=1S/C38H19N3O2/c39-20-22-10-15-33-30(17-22)26-5-1-3-7-32(26)41(33)34-18-23(21-40)9-12-25(34)24-11-16-36-31(19-24)29-14-13-28-27-6-2-4-8-35(27)42-37(28)38(29)43-36/h1-19H. The largest absolute Gasteiger partial charge is 0.452 e. The molecule has 0 saturated carbocycles. The number of nitrogens with zero attached hydrogens (tertiary/aromatic N) is 3. The number of furan rings is 2. The summed E-state index contributed by atoms with van der Waals surface area (Å²) >= 11 is 0. The van der Waals surface area contributed by atoms with E-state index in [2.05, 4.69) is 59.2 Å². The Hall–Kier alpha value is -6.30. The van der Waals surface area contributed by atoms with Gasteiger partial charge in [-0.1, -0.05) is 48.5 Å². The van der Waals surface area contributed by atoms with Crippen molar-refractivity contribution < 1.29 is 8.83 Å². The predicted molar refractivity (Wildman–Crippen MR) is 170 cm³/mol. The molecule has 9 rings (SSSR count). The van der Waals surface area contributed by atoms with Crippen molar-refractivity contribution in [3.63, 3.8) is 0 Å². The first-order valence-electron chi connectivity index (χ1n) is 14.0. The fourth-order valence-corrected chi connectivity index (χ4v) is 6.52. The average Bonchev–Trinajstić information content (AvgIpc) is 3.73. The molecule has 3 heterocycles. The quantitative estimate of drug-likeness (QED) is 0.215. The molecule has 0 unspecified atom stereocenters. The van der Waals surface area contributed by atoms with Gasteiger partial charge in [-0.05, 0) is 72.3 Å². The van der Waals surface area contributed by atoms with Crippen molar-refractivity contribution in [2.45, 2.75) is 0 Å². The smallest absolute Gasteiger partial charge is 0.178 e. The molecule has 6 aromatic carbocycles. The van der Waals surface area contributed by atoms with Gasteiger partial charge in [0.2, 0.25) is 0 Å². The Kier molecular flexibility index (Phi) is 4.68. The van der Waals surface area contributed by atoms with E-state index in [0.29, 0.717) is 11.1 Å². The molecule has 5 nitrogen and oxygen atoms in total. The molecule has 198 valence electrons. The Morgan fingerprint density at radius 2 is 1.14 bits per heavy atom. The average molecular weight is 550 g/mol. The molecule has 3 aromatic heterocycles. The van der Waals surface area contributed by atoms with Gasteiger partial charge in [0.05, 0.1) is 40.0 Å². The molecule has 0 N–H and O–H groups in total. The minimum Gasteiger partial charge on any atom is -0.452 e. The number of hydrogen-bond acceptors (Lipinski definition) is 4. The minimum absolute atomic E-state index is 0.570. The zero-order valence-electron chi connectivity index (χ0n) is 22.6. The van der Waals surface area contributed by atoms with E-state index in [9.17, 15) is 10.5 Å². The van der Waals surface area contributed by atoms with Crippen LogP contribution in [0, 0.1) is 22.7 Å². The van der Waals surface area contributed by atoms with Crippen molar-refractivity contribution in [3.8, 4) is 29.0 Å². The van der Waals surface area contributed by atoms with Crippen LogP contribution in [0.4, 0.5) is 0 Å². The van der Waals surface area contributed by atoms with Gasteiger partial charge < -0.3 is 13.4 Å². The molecule has 0 spiro atoms. The molecular formula is C38H19N3O2. The van der Waals surface area contributed by atoms with Gasteiger partial charge >= 0.3 is 0 Å². The summed E-state index contributed by atoms with van der Waals surface area (Å²) in [6.07, 6.45) is 0. The SMILES string of the molecule is N#Cc1ccc(-c2ccc3oc4c(ccc5c6ccccc6oc54)c3c2)c(-n2c3ccccc3c3cc(C#N)ccc32)c1. The number of fused-ring (bicyclic) bond motifs is 10. The maximum absolute atomic E-state index is 9.87. The molecule has 43 heavy (non-hydrogen) atoms. The summed E-state index contributed by atoms with van der Waals surface area (Å²) < 4.78 is 14.8. The van der Waals surface area contributed by atoms with Gasteiger partial charge in [0.25, 0.3) is 0 Å². The van der Waals surface area contributed by atoms with Crippen LogP contribution in [0.2, 0.25) is 0 Å². The Labute approximate surface area is 244 Å². The number of hydrogen-bond donors (Lipinski definition) is 0. The van der Waals surface area contributed by atoms with Gasteiger partial charge in [0, 0.05) is 37.9 Å². The second-order valence-corrected chi connectivity index (χ2v) is 10.8. The lowest BCUT2D eigenvalue weighted by molar-refractivity contribution is 0.633. The summed E-state index contributed by atoms with van der Waals surface area (Å²) in [5, 5.41) is 25.6. The first kappa shape index (κ1) is 23.4. The van der Waals surface area contributed by atoms with Crippen molar-refractivity contribution >= 4 is 65.7 Å². The topological polar surface area (TPSA) is 78.8 Å². The first-order valence-corrected chi connectivity index (χ1v) is 14.0. The van der Waals surface area contributed by atoms with E-state index in [0.717, 1.165) is 82.5 Å². The molecule has 0 bridgehead atoms. The Morgan fingerprint density at radius 3 is 1.95 bits per heavy atom. The van der Waals surface area contributed by atoms with Gasteiger partial charge in [-0.15, -0.1) is 0 Å². The number of rotatable bonds is 2. The van der Waals surface area contributed by atoms with Crippen LogP contribution in [0.1, 0.15) is 11.1 Å². The van der Waals surface area contributed by atoms with Crippen molar-refractivity contribution in [2.24, 2.45) is 0 Å². The Balaban J connectivity index is 1.32. The lowest BCUT2D eigenvalue weighted by Crippen LogP contribution is -1.98. The molecule has 0 saturated heterocycles. The molecule has 5 heteroatoms. The van der Waals surface area contributed by atoms with Gasteiger partial charge in [0.1, 0.15) is 11.2 Å². The van der Waals surface area contributed by atoms with Gasteiger partial charge in [0.15, 0.2) is 11.2 Å². The minimum atomic E-state index is 0.570. The third-order valence-corrected chi connectivity index (χ3v) is 8.46. The number of para-hydroxylation sites is 2. The zero-order chi connectivity index (χ0) is 28.7. The van der Waals surface area contributed by atoms with E-state index < -0.39 is 0 Å². The van der Waals surface area contributed by atoms with E-state index in [-0.39, 0.29) is 0 Å². The second kappa shape index (κ2) is 8.60. The molecule has 0 fully saturated rings. The van der Waals surface area contributed by atoms with Crippen LogP contribution in [-0.2, 0) is 0 Å². The van der Waals surface area contributed by atoms with Crippen LogP contribution in [0.15, 0.2) is 124 Å². The molecule has 0 radical (unpaired) electrons. The summed E-state index contributed by atoms with van der Waals surface area (Å²) in [5.74, 6) is 0. The van der Waals surface area contributed by atoms with Crippen molar-refractivity contribution in [1.82, 2.24) is 4.57 Å². The lowest BCUT2D eigenvalue weighted by Gasteiger charge is -2.15. The predicted octanol–water partition coefficient (Wildman–Crippen LogP) is 9.99. The maximum Gasteiger partial charge on any atom is 0.178 e. The molecule has 0 aliphatic heterocycles. The van der Waals surface area contributed by atoms with E-state index in [4.69, 9.17) is 8.83 Å². The highest BCUT2D eigenvalue weighted by atomic mass is 16.4. The van der Waals surface area contributed by atoms with Crippen LogP contribution < -0.4 is 0 Å². The van der Waals surface area contributed by atoms with Crippen molar-refractivity contribution in [1.29, 1.82) is 10.5 Å². The fraction of sp³-hybridized carbons (Fsp3) is 0. The van der Waals surface area contributed by atoms with Crippen LogP contribution in [0.25, 0.3) is 82.5 Å². The molecule has 0 amide bonds. The first-order chi connectivity index (χ1) is 21.2. The van der Waals surface area contributed by atoms with Gasteiger partial charge in [-0.2, -0.15) is 10.5 Å². The Morgan fingerprint density at radius 1 is 0.488 bits per heavy atom. The lowest BCUT2D eigenvalue weighted by atomic mass is 9.99. The van der Waals surface area contributed by atoms with E-state index in [1.54, 1.807) is 0 Å². The van der Waals surface area contributed by atoms with Gasteiger partial charge in [-0.3, -0.25) is 0 Å². The van der Waals surface area contributed by atoms with Crippen LogP contribution in [0.5, 0.6) is 0 Å². The molecular weight excluding hydrogens is 530 g/mol. The highest BCUT2D eigenvalue weighted by molar-refractivity contribution is 6.19. The summed E-state index contributed by atoms with van der Waals surface area (Å²) in [7, 11) is 0. The van der Waals surface area contributed by atoms with E-state index in [1.165, 1.54) is 0 Å². The zero-order valence-corrected chi connectivity index (χ0v) is 22.6. The molecule has 9 aromatic rings. The summed E-state index contributed by atoms with van der Waals surface area (Å²) in [4.78, 5) is 0. The highest BCUT2D eigenvalue weighted by Crippen LogP contribution is 2.41. The third kappa shape index (κ3) is 3.25. The number of nitriles is 2. The van der Waals surface area contributed by atoms with Gasteiger partial charge in [-0.25, -0.2) is 0 Å². The molecule has 0 aliphatic rings. The summed E-state index contributed by atoms with van der Waals surface area (Å²) in [5.41, 5.74) is 9.12. The van der Waals surface area contributed by atoms with Crippen LogP contribution in [-0.4, -0.2) is 4.57 Å². The highest BCUT2D eigenvalue weighted by Gasteiger charge is 2.19. The monoisotopic (exact) mass is 549 g/mol. The fourth-order valence-electron chi connectivity index (χ4n) is 6.52. The number of benzene rings is 6. The summed E-state index contributed by atoms with van der Waals surface area (Å²) in [6.45, 7) is 0. The number of aromatic nitrogens is 1. The normalized spacial score (nSPS) is 11.7. The maximum atomic E-state index is 9.87. The van der Waals surface area contributed by atoms with Crippen LogP contribution in [0.3, 0.4) is 0 Å². The van der Waals surface area contributed by atoms with Crippen LogP contribution >= 0.6 is 0 Å². The van der Waals surface area contributed by atoms with Crippen molar-refractivity contribution in [3.05, 3.63) is 126 Å². The third-order valence-electron chi connectivity index (χ3n) is 8.46. The van der Waals surface area contributed by atoms with Crippen molar-refractivity contribution in [2.75, 3.05) is 0 Å². The molecule has 0 aliphatic carbocycles. The molecule has 0 atom stereocenters. The summed E-state index contributed by atoms with van der Waals surface area (Å²) in [6, 6.07) is 42.8. The Bertz CT molecular complexity index is 2710.